The van der Waals surface area contributed by atoms with E-state index in [1.54, 1.807) is 36.4 Å². The van der Waals surface area contributed by atoms with Crippen LogP contribution < -0.4 is 4.90 Å². The molecule has 1 heterocycles. The van der Waals surface area contributed by atoms with E-state index in [0.717, 1.165) is 11.1 Å². The summed E-state index contributed by atoms with van der Waals surface area (Å²) in [6, 6.07) is 19.4. The second kappa shape index (κ2) is 8.70. The van der Waals surface area contributed by atoms with Gasteiger partial charge in [-0.2, -0.15) is 0 Å². The molecule has 0 fully saturated rings. The predicted octanol–water partition coefficient (Wildman–Crippen LogP) is 6.12. The van der Waals surface area contributed by atoms with E-state index in [1.807, 2.05) is 30.3 Å². The predicted molar refractivity (Wildman–Crippen MR) is 127 cm³/mol. The molecule has 0 saturated heterocycles. The molecule has 1 aliphatic heterocycles. The first-order valence-electron chi connectivity index (χ1n) is 10.4. The van der Waals surface area contributed by atoms with Crippen LogP contribution in [0.25, 0.3) is 0 Å². The lowest BCUT2D eigenvalue weighted by Gasteiger charge is -2.23. The lowest BCUT2D eigenvalue weighted by atomic mass is 9.87. The number of rotatable bonds is 6. The second-order valence-corrected chi connectivity index (χ2v) is 9.22. The van der Waals surface area contributed by atoms with Crippen LogP contribution in [0, 0.1) is 0 Å². The lowest BCUT2D eigenvalue weighted by molar-refractivity contribution is -0.136. The molecule has 1 unspecified atom stereocenters. The maximum atomic E-state index is 13.5. The van der Waals surface area contributed by atoms with Gasteiger partial charge in [-0.25, -0.2) is 0 Å². The summed E-state index contributed by atoms with van der Waals surface area (Å²) < 4.78 is 0. The number of anilines is 1. The maximum absolute atomic E-state index is 13.5. The fourth-order valence-electron chi connectivity index (χ4n) is 4.04. The van der Waals surface area contributed by atoms with Gasteiger partial charge in [-0.3, -0.25) is 9.59 Å². The fraction of sp³-hybridized carbons (Fsp3) is 0.231. The number of halogens is 2. The van der Waals surface area contributed by atoms with Crippen LogP contribution in [0.5, 0.6) is 0 Å². The Morgan fingerprint density at radius 2 is 1.72 bits per heavy atom. The smallest absolute Gasteiger partial charge is 0.264 e. The van der Waals surface area contributed by atoms with Gasteiger partial charge in [0, 0.05) is 21.2 Å². The average Bonchev–Trinajstić information content (AvgIpc) is 2.96. The minimum Gasteiger partial charge on any atom is -0.375 e. The van der Waals surface area contributed by atoms with Crippen LogP contribution in [-0.2, 0) is 16.9 Å². The van der Waals surface area contributed by atoms with E-state index in [-0.39, 0.29) is 18.7 Å². The van der Waals surface area contributed by atoms with E-state index in [4.69, 9.17) is 23.2 Å². The molecular weight excluding hydrogens is 445 g/mol. The Bertz CT molecular complexity index is 1190. The highest BCUT2D eigenvalue weighted by atomic mass is 35.5. The SMILES string of the molecule is CC(C)c1ccc(C(=O)CC2(O)C(=O)N(Cc3ccccc3Cl)c3ccc(Cl)cc32)cc1. The number of Topliss-reactive ketones (excluding diaryl/α,β-unsaturated/α-hetero) is 1. The van der Waals surface area contributed by atoms with Gasteiger partial charge in [0.2, 0.25) is 0 Å². The van der Waals surface area contributed by atoms with Crippen LogP contribution in [-0.4, -0.2) is 16.8 Å². The molecular formula is C26H23Cl2NO3. The van der Waals surface area contributed by atoms with Gasteiger partial charge in [0.25, 0.3) is 5.91 Å². The molecule has 1 N–H and O–H groups in total. The molecule has 1 atom stereocenters. The summed E-state index contributed by atoms with van der Waals surface area (Å²) in [5.41, 5.74) is 1.14. The number of hydrogen-bond donors (Lipinski definition) is 1. The molecule has 0 aromatic heterocycles. The Balaban J connectivity index is 1.68. The molecule has 32 heavy (non-hydrogen) atoms. The monoisotopic (exact) mass is 467 g/mol. The number of hydrogen-bond acceptors (Lipinski definition) is 3. The van der Waals surface area contributed by atoms with Crippen molar-refractivity contribution in [1.29, 1.82) is 0 Å². The highest BCUT2D eigenvalue weighted by molar-refractivity contribution is 6.31. The first-order valence-corrected chi connectivity index (χ1v) is 11.2. The Morgan fingerprint density at radius 1 is 1.03 bits per heavy atom. The van der Waals surface area contributed by atoms with Gasteiger partial charge in [0.1, 0.15) is 0 Å². The van der Waals surface area contributed by atoms with Crippen LogP contribution in [0.1, 0.15) is 53.2 Å². The summed E-state index contributed by atoms with van der Waals surface area (Å²) >= 11 is 12.5. The van der Waals surface area contributed by atoms with Crippen molar-refractivity contribution < 1.29 is 14.7 Å². The van der Waals surface area contributed by atoms with Gasteiger partial charge in [-0.05, 0) is 41.3 Å². The molecule has 0 saturated carbocycles. The third kappa shape index (κ3) is 4.06. The topological polar surface area (TPSA) is 57.6 Å². The molecule has 1 aliphatic rings. The van der Waals surface area contributed by atoms with Gasteiger partial charge >= 0.3 is 0 Å². The van der Waals surface area contributed by atoms with Gasteiger partial charge in [0.15, 0.2) is 11.4 Å². The Hall–Kier alpha value is -2.66. The van der Waals surface area contributed by atoms with E-state index < -0.39 is 11.5 Å². The number of carbonyl (C=O) groups excluding carboxylic acids is 2. The van der Waals surface area contributed by atoms with Crippen molar-refractivity contribution >= 4 is 40.6 Å². The molecule has 0 spiro atoms. The number of nitrogens with zero attached hydrogens (tertiary/aromatic N) is 1. The lowest BCUT2D eigenvalue weighted by Crippen LogP contribution is -2.41. The minimum atomic E-state index is -2.00. The van der Waals surface area contributed by atoms with Crippen molar-refractivity contribution in [3.8, 4) is 0 Å². The molecule has 3 aromatic rings. The summed E-state index contributed by atoms with van der Waals surface area (Å²) in [4.78, 5) is 28.0. The van der Waals surface area contributed by atoms with Crippen LogP contribution >= 0.6 is 23.2 Å². The molecule has 0 bridgehead atoms. The first kappa shape index (κ1) is 22.5. The minimum absolute atomic E-state index is 0.173. The average molecular weight is 468 g/mol. The van der Waals surface area contributed by atoms with Gasteiger partial charge in [-0.1, -0.05) is 79.5 Å². The van der Waals surface area contributed by atoms with E-state index in [0.29, 0.717) is 32.8 Å². The van der Waals surface area contributed by atoms with Crippen molar-refractivity contribution in [3.05, 3.63) is 99.0 Å². The normalized spacial score (nSPS) is 17.7. The molecule has 6 heteroatoms. The van der Waals surface area contributed by atoms with E-state index in [1.165, 1.54) is 4.90 Å². The van der Waals surface area contributed by atoms with E-state index in [2.05, 4.69) is 13.8 Å². The maximum Gasteiger partial charge on any atom is 0.264 e. The number of amides is 1. The van der Waals surface area contributed by atoms with E-state index >= 15 is 0 Å². The molecule has 4 rings (SSSR count). The summed E-state index contributed by atoms with van der Waals surface area (Å²) in [6.45, 7) is 4.32. The number of aliphatic hydroxyl groups is 1. The zero-order chi connectivity index (χ0) is 23.0. The number of benzene rings is 3. The first-order chi connectivity index (χ1) is 15.2. The van der Waals surface area contributed by atoms with Crippen LogP contribution in [0.15, 0.2) is 66.7 Å². The molecule has 0 radical (unpaired) electrons. The van der Waals surface area contributed by atoms with Crippen molar-refractivity contribution in [2.45, 2.75) is 38.3 Å². The highest BCUT2D eigenvalue weighted by Gasteiger charge is 2.51. The highest BCUT2D eigenvalue weighted by Crippen LogP contribution is 2.45. The Morgan fingerprint density at radius 3 is 2.38 bits per heavy atom. The quantitative estimate of drug-likeness (QED) is 0.443. The standard InChI is InChI=1S/C26H23Cl2NO3/c1-16(2)17-7-9-18(10-8-17)24(30)14-26(32)21-13-20(27)11-12-23(21)29(25(26)31)15-19-5-3-4-6-22(19)28/h3-13,16,32H,14-15H2,1-2H3. The molecule has 164 valence electrons. The molecule has 3 aromatic carbocycles. The van der Waals surface area contributed by atoms with E-state index in [9.17, 15) is 14.7 Å². The van der Waals surface area contributed by atoms with Gasteiger partial charge in [-0.15, -0.1) is 0 Å². The number of ketones is 1. The number of carbonyl (C=O) groups is 2. The number of fused-ring (bicyclic) bond motifs is 1. The van der Waals surface area contributed by atoms with Crippen LogP contribution in [0.2, 0.25) is 10.0 Å². The van der Waals surface area contributed by atoms with Crippen LogP contribution in [0.3, 0.4) is 0 Å². The second-order valence-electron chi connectivity index (χ2n) is 8.38. The Kier molecular flexibility index (Phi) is 6.13. The third-order valence-electron chi connectivity index (χ3n) is 5.90. The van der Waals surface area contributed by atoms with Crippen molar-refractivity contribution in [2.24, 2.45) is 0 Å². The zero-order valence-electron chi connectivity index (χ0n) is 17.8. The van der Waals surface area contributed by atoms with Crippen molar-refractivity contribution in [2.75, 3.05) is 4.90 Å². The summed E-state index contributed by atoms with van der Waals surface area (Å²) in [5, 5.41) is 12.4. The van der Waals surface area contributed by atoms with Crippen molar-refractivity contribution in [3.63, 3.8) is 0 Å². The molecule has 0 aliphatic carbocycles. The van der Waals surface area contributed by atoms with Crippen molar-refractivity contribution in [1.82, 2.24) is 0 Å². The molecule has 1 amide bonds. The molecule has 4 nitrogen and oxygen atoms in total. The van der Waals surface area contributed by atoms with Crippen LogP contribution in [0.4, 0.5) is 5.69 Å². The Labute approximate surface area is 197 Å². The summed E-state index contributed by atoms with van der Waals surface area (Å²) in [6.07, 6.45) is -0.376. The zero-order valence-corrected chi connectivity index (χ0v) is 19.3. The summed E-state index contributed by atoms with van der Waals surface area (Å²) in [7, 11) is 0. The largest absolute Gasteiger partial charge is 0.375 e. The summed E-state index contributed by atoms with van der Waals surface area (Å²) in [5.74, 6) is -0.546. The van der Waals surface area contributed by atoms with Gasteiger partial charge < -0.3 is 10.0 Å². The third-order valence-corrected chi connectivity index (χ3v) is 6.50. The van der Waals surface area contributed by atoms with Gasteiger partial charge in [0.05, 0.1) is 18.7 Å². The fourth-order valence-corrected chi connectivity index (χ4v) is 4.40.